The van der Waals surface area contributed by atoms with Gasteiger partial charge in [0.05, 0.1) is 0 Å². The predicted octanol–water partition coefficient (Wildman–Crippen LogP) is 12.6. The van der Waals surface area contributed by atoms with Gasteiger partial charge in [0.1, 0.15) is 0 Å². The summed E-state index contributed by atoms with van der Waals surface area (Å²) in [4.78, 5) is 0. The van der Waals surface area contributed by atoms with E-state index in [2.05, 4.69) is 192 Å². The van der Waals surface area contributed by atoms with Crippen LogP contribution in [-0.4, -0.2) is 48.3 Å². The minimum atomic E-state index is -2.09. The van der Waals surface area contributed by atoms with Crippen molar-refractivity contribution >= 4 is 62.4 Å². The van der Waals surface area contributed by atoms with Crippen molar-refractivity contribution in [3.8, 4) is 0 Å². The zero-order valence-corrected chi connectivity index (χ0v) is 41.8. The summed E-state index contributed by atoms with van der Waals surface area (Å²) in [6, 6.07) is 45.6. The summed E-state index contributed by atoms with van der Waals surface area (Å²) < 4.78 is 7.22. The van der Waals surface area contributed by atoms with Gasteiger partial charge in [0.15, 0.2) is 0 Å². The van der Waals surface area contributed by atoms with Gasteiger partial charge in [-0.3, -0.25) is 0 Å². The Morgan fingerprint density at radius 1 is 0.627 bits per heavy atom. The van der Waals surface area contributed by atoms with Gasteiger partial charge in [-0.15, -0.1) is 0 Å². The van der Waals surface area contributed by atoms with E-state index in [1.54, 1.807) is 5.57 Å². The summed E-state index contributed by atoms with van der Waals surface area (Å²) in [5.41, 5.74) is -1.56. The van der Waals surface area contributed by atoms with Crippen molar-refractivity contribution in [1.29, 1.82) is 0 Å². The van der Waals surface area contributed by atoms with Crippen molar-refractivity contribution in [1.82, 2.24) is 0 Å². The molecule has 8 rings (SSSR count). The first-order valence-corrected chi connectivity index (χ1v) is 31.4. The van der Waals surface area contributed by atoms with Crippen LogP contribution in [0.4, 0.5) is 0 Å². The summed E-state index contributed by atoms with van der Waals surface area (Å²) in [6.07, 6.45) is 19.0. The molecular weight excluding hydrogens is 884 g/mol. The van der Waals surface area contributed by atoms with Crippen LogP contribution in [0.5, 0.6) is 0 Å². The van der Waals surface area contributed by atoms with Gasteiger partial charge in [0, 0.05) is 0 Å². The smallest absolute Gasteiger partial charge is 0.0591 e. The number of benzene rings is 4. The maximum absolute atomic E-state index is 7.22. The Kier molecular flexibility index (Phi) is 14.0. The molecule has 0 N–H and O–H groups in total. The molecule has 0 radical (unpaired) electrons. The minimum Gasteiger partial charge on any atom is -0.0591 e. The van der Waals surface area contributed by atoms with E-state index in [1.165, 1.54) is 85.4 Å². The average Bonchev–Trinajstić information content (AvgIpc) is 3.63. The van der Waals surface area contributed by atoms with Gasteiger partial charge in [-0.25, -0.2) is 0 Å². The summed E-state index contributed by atoms with van der Waals surface area (Å²) in [5, 5.41) is 6.02. The van der Waals surface area contributed by atoms with Crippen LogP contribution in [0.25, 0.3) is 0 Å². The molecule has 59 heavy (non-hydrogen) atoms. The molecule has 0 amide bonds. The van der Waals surface area contributed by atoms with Crippen LogP contribution in [-0.2, 0) is 4.74 Å². The minimum absolute atomic E-state index is 0.298. The fraction of sp³-hybridized carbons (Fsp3) is 0.519. The molecule has 5 heteroatoms. The van der Waals surface area contributed by atoms with Gasteiger partial charge in [-0.2, -0.15) is 0 Å². The monoisotopic (exact) mass is 956 g/mol. The van der Waals surface area contributed by atoms with E-state index in [0.717, 1.165) is 55.0 Å². The normalized spacial score (nSPS) is 28.7. The first-order valence-electron chi connectivity index (χ1n) is 23.2. The molecule has 0 heterocycles. The summed E-state index contributed by atoms with van der Waals surface area (Å²) in [7, 11) is 0. The fourth-order valence-electron chi connectivity index (χ4n) is 13.3. The maximum atomic E-state index is 7.22. The third-order valence-electron chi connectivity index (χ3n) is 16.4. The molecule has 0 unspecified atom stereocenters. The molecule has 3 fully saturated rings. The van der Waals surface area contributed by atoms with E-state index >= 15 is 0 Å². The van der Waals surface area contributed by atoms with Gasteiger partial charge in [-0.1, -0.05) is 47.0 Å². The number of rotatable bonds is 15. The van der Waals surface area contributed by atoms with Crippen LogP contribution in [0, 0.1) is 46.3 Å². The van der Waals surface area contributed by atoms with Crippen molar-refractivity contribution in [3.05, 3.63) is 133 Å². The Bertz CT molecular complexity index is 1930. The van der Waals surface area contributed by atoms with Crippen molar-refractivity contribution in [2.75, 3.05) is 6.61 Å². The second kappa shape index (κ2) is 18.7. The molecule has 4 aliphatic rings. The Labute approximate surface area is 373 Å². The molecule has 3 saturated carbocycles. The van der Waals surface area contributed by atoms with Crippen molar-refractivity contribution in [3.63, 3.8) is 0 Å². The Morgan fingerprint density at radius 3 is 1.66 bits per heavy atom. The third kappa shape index (κ3) is 8.49. The van der Waals surface area contributed by atoms with Crippen LogP contribution in [0.15, 0.2) is 133 Å². The number of allylic oxidation sites excluding steroid dienone is 1. The zero-order valence-electron chi connectivity index (χ0n) is 36.6. The van der Waals surface area contributed by atoms with Crippen LogP contribution in [0.3, 0.4) is 0 Å². The molecule has 1 nitrogen and oxygen atoms in total. The second-order valence-electron chi connectivity index (χ2n) is 20.0. The topological polar surface area (TPSA) is 9.23 Å². The van der Waals surface area contributed by atoms with Crippen LogP contribution < -0.4 is 21.2 Å². The van der Waals surface area contributed by atoms with E-state index < -0.39 is 11.0 Å². The van der Waals surface area contributed by atoms with Gasteiger partial charge in [0.2, 0.25) is 0 Å². The molecule has 8 atom stereocenters. The van der Waals surface area contributed by atoms with Crippen molar-refractivity contribution in [2.45, 2.75) is 123 Å². The molecule has 0 aromatic heterocycles. The zero-order chi connectivity index (χ0) is 41.3. The Balaban J connectivity index is 1.04. The Hall–Kier alpha value is -1.52. The summed E-state index contributed by atoms with van der Waals surface area (Å²) in [6.45, 7) is 13.6. The van der Waals surface area contributed by atoms with E-state index in [1.807, 2.05) is 0 Å². The molecular formula is C54H70OP2Se2. The van der Waals surface area contributed by atoms with Gasteiger partial charge < -0.3 is 0 Å². The number of hydrogen-bond donors (Lipinski definition) is 0. The first kappa shape index (κ1) is 44.1. The van der Waals surface area contributed by atoms with E-state index in [-0.39, 0.29) is 0 Å². The second-order valence-corrected chi connectivity index (χ2v) is 33.6. The van der Waals surface area contributed by atoms with Crippen LogP contribution in [0.2, 0.25) is 0 Å². The standard InChI is InChI=1S/C54H70OP2Se2/c1-40(2)19-18-20-41(3)49-31-32-50-48-30-29-42-39-43(33-36-53(42,4)51(48)34-37-54(49,50)5)55-38-35-52(56(58,44-21-10-6-11-22-44)45-23-12-7-13-24-45)57(59,46-25-14-8-15-26-46)47-27-16-9-17-28-47/h6-17,21-29,40-41,43,48-52H,18-20,30-39H2,1-5H3/t41-,43+,48+,49-,50+,51+,53+,54-/m1/s1. The molecule has 0 aliphatic heterocycles. The fourth-order valence-corrected chi connectivity index (χ4v) is 34.6. The van der Waals surface area contributed by atoms with E-state index in [0.29, 0.717) is 22.3 Å². The predicted molar refractivity (Wildman–Crippen MR) is 261 cm³/mol. The molecule has 0 saturated heterocycles. The average molecular weight is 955 g/mol. The molecule has 4 aliphatic carbocycles. The Morgan fingerprint density at radius 2 is 1.15 bits per heavy atom. The molecule has 0 bridgehead atoms. The van der Waals surface area contributed by atoms with Crippen LogP contribution >= 0.6 is 11.0 Å². The first-order chi connectivity index (χ1) is 28.5. The number of hydrogen-bond acceptors (Lipinski definition) is 1. The molecule has 0 spiro atoms. The van der Waals surface area contributed by atoms with Crippen molar-refractivity contribution in [2.24, 2.45) is 46.3 Å². The van der Waals surface area contributed by atoms with Gasteiger partial charge >= 0.3 is 293 Å². The van der Waals surface area contributed by atoms with Gasteiger partial charge in [-0.05, 0) is 36.0 Å². The van der Waals surface area contributed by atoms with Crippen LogP contribution in [0.1, 0.15) is 112 Å². The van der Waals surface area contributed by atoms with E-state index in [9.17, 15) is 0 Å². The molecule has 314 valence electrons. The van der Waals surface area contributed by atoms with E-state index in [4.69, 9.17) is 4.74 Å². The number of ether oxygens (including phenoxy) is 1. The third-order valence-corrected chi connectivity index (χ3v) is 35.5. The van der Waals surface area contributed by atoms with Crippen molar-refractivity contribution < 1.29 is 4.74 Å². The quantitative estimate of drug-likeness (QED) is 0.0655. The number of fused-ring (bicyclic) bond motifs is 5. The SMILES string of the molecule is CC(C)CCC[C@@H](C)[C@H]1CC[C@H]2[C@@H]3CC=C4C[C@@H](OCCC(P(=[Se])(c5ccccc5)c5ccccc5)P(=[Se])(c5ccccc5)c5ccccc5)CC[C@]4(C)[C@H]3CC[C@]12C. The molecule has 4 aromatic rings. The summed E-state index contributed by atoms with van der Waals surface area (Å²) >= 11 is 8.04. The van der Waals surface area contributed by atoms with Gasteiger partial charge in [0.25, 0.3) is 0 Å². The summed E-state index contributed by atoms with van der Waals surface area (Å²) in [5.74, 6) is 5.24. The molecule has 4 aromatic carbocycles.